The van der Waals surface area contributed by atoms with Crippen LogP contribution in [0.3, 0.4) is 0 Å². The first kappa shape index (κ1) is 9.10. The predicted molar refractivity (Wildman–Crippen MR) is 52.2 cm³/mol. The summed E-state index contributed by atoms with van der Waals surface area (Å²) in [5, 5.41) is 15.6. The van der Waals surface area contributed by atoms with Crippen LogP contribution < -0.4 is 5.73 Å². The molecule has 0 bridgehead atoms. The van der Waals surface area contributed by atoms with Gasteiger partial charge in [-0.1, -0.05) is 11.8 Å². The van der Waals surface area contributed by atoms with Crippen LogP contribution in [0.2, 0.25) is 0 Å². The number of nitriles is 1. The van der Waals surface area contributed by atoms with Crippen molar-refractivity contribution < 1.29 is 0 Å². The van der Waals surface area contributed by atoms with Gasteiger partial charge in [0.05, 0.1) is 0 Å². The van der Waals surface area contributed by atoms with E-state index >= 15 is 0 Å². The van der Waals surface area contributed by atoms with Crippen LogP contribution in [-0.2, 0) is 5.75 Å². The molecule has 0 aliphatic heterocycles. The number of thioether (sulfide) groups is 1. The molecule has 12 heavy (non-hydrogen) atoms. The summed E-state index contributed by atoms with van der Waals surface area (Å²) < 4.78 is 0. The second kappa shape index (κ2) is 4.14. The van der Waals surface area contributed by atoms with Gasteiger partial charge < -0.3 is 5.73 Å². The summed E-state index contributed by atoms with van der Waals surface area (Å²) in [7, 11) is 0. The largest absolute Gasteiger partial charge is 0.379 e. The smallest absolute Gasteiger partial charge is 0.151 e. The van der Waals surface area contributed by atoms with Gasteiger partial charge in [0.25, 0.3) is 0 Å². The first-order valence-corrected chi connectivity index (χ1v) is 4.98. The Hall–Kier alpha value is -0.990. The third-order valence-electron chi connectivity index (χ3n) is 1.14. The zero-order chi connectivity index (χ0) is 8.97. The van der Waals surface area contributed by atoms with Gasteiger partial charge in [-0.15, -0.1) is 11.3 Å². The fourth-order valence-corrected chi connectivity index (χ4v) is 2.07. The fourth-order valence-electron chi connectivity index (χ4n) is 0.664. The highest BCUT2D eigenvalue weighted by molar-refractivity contribution is 8.13. The van der Waals surface area contributed by atoms with Crippen LogP contribution >= 0.6 is 23.1 Å². The van der Waals surface area contributed by atoms with E-state index in [1.165, 1.54) is 23.1 Å². The molecule has 0 unspecified atom stereocenters. The highest BCUT2D eigenvalue weighted by Crippen LogP contribution is 2.20. The second-order valence-corrected chi connectivity index (χ2v) is 4.22. The minimum absolute atomic E-state index is 0.113. The fraction of sp³-hybridized carbons (Fsp3) is 0.143. The molecule has 0 atom stereocenters. The number of thiophene rings is 1. The van der Waals surface area contributed by atoms with Gasteiger partial charge in [0.15, 0.2) is 5.17 Å². The van der Waals surface area contributed by atoms with E-state index in [2.05, 4.69) is 6.07 Å². The number of hydrogen-bond donors (Lipinski definition) is 2. The van der Waals surface area contributed by atoms with E-state index in [0.717, 1.165) is 4.88 Å². The van der Waals surface area contributed by atoms with Gasteiger partial charge in [0.2, 0.25) is 0 Å². The molecule has 0 spiro atoms. The third-order valence-corrected chi connectivity index (χ3v) is 3.08. The summed E-state index contributed by atoms with van der Waals surface area (Å²) in [5.74, 6) is 0.682. The Balaban J connectivity index is 2.54. The van der Waals surface area contributed by atoms with E-state index in [9.17, 15) is 0 Å². The molecule has 0 aliphatic rings. The van der Waals surface area contributed by atoms with Crippen LogP contribution in [0, 0.1) is 16.7 Å². The Labute approximate surface area is 78.7 Å². The number of rotatable bonds is 2. The molecule has 3 nitrogen and oxygen atoms in total. The van der Waals surface area contributed by atoms with Crippen molar-refractivity contribution in [2.45, 2.75) is 5.75 Å². The number of nitrogens with two attached hydrogens (primary N) is 1. The predicted octanol–water partition coefficient (Wildman–Crippen LogP) is 1.75. The maximum atomic E-state index is 8.52. The van der Waals surface area contributed by atoms with E-state index in [4.69, 9.17) is 16.4 Å². The molecule has 5 heteroatoms. The van der Waals surface area contributed by atoms with Crippen LogP contribution in [-0.4, -0.2) is 5.17 Å². The lowest BCUT2D eigenvalue weighted by Gasteiger charge is -1.93. The normalized spacial score (nSPS) is 9.25. The van der Waals surface area contributed by atoms with E-state index in [0.29, 0.717) is 10.6 Å². The summed E-state index contributed by atoms with van der Waals surface area (Å²) in [6.07, 6.45) is 0. The lowest BCUT2D eigenvalue weighted by Crippen LogP contribution is -2.03. The summed E-state index contributed by atoms with van der Waals surface area (Å²) in [6.45, 7) is 0. The van der Waals surface area contributed by atoms with Gasteiger partial charge in [-0.2, -0.15) is 5.26 Å². The molecule has 1 rings (SSSR count). The Bertz CT molecular complexity index is 324. The zero-order valence-corrected chi connectivity index (χ0v) is 7.84. The SMILES string of the molecule is N#Cc1ccc(CSC(=N)N)s1. The minimum Gasteiger partial charge on any atom is -0.379 e. The standard InChI is InChI=1S/C7H7N3S2/c8-3-5-1-2-6(12-5)4-11-7(9)10/h1-2H,4H2,(H3,9,10). The first-order valence-electron chi connectivity index (χ1n) is 3.18. The van der Waals surface area contributed by atoms with Gasteiger partial charge in [-0.25, -0.2) is 0 Å². The number of amidine groups is 1. The third kappa shape index (κ3) is 2.57. The molecular weight excluding hydrogens is 190 g/mol. The molecule has 1 heterocycles. The average Bonchev–Trinajstić information content (AvgIpc) is 2.48. The molecule has 0 amide bonds. The molecule has 0 radical (unpaired) electrons. The lowest BCUT2D eigenvalue weighted by atomic mass is 10.4. The molecule has 0 aromatic carbocycles. The van der Waals surface area contributed by atoms with Gasteiger partial charge in [0, 0.05) is 10.6 Å². The van der Waals surface area contributed by atoms with Gasteiger partial charge >= 0.3 is 0 Å². The highest BCUT2D eigenvalue weighted by atomic mass is 32.2. The minimum atomic E-state index is 0.113. The molecule has 0 saturated carbocycles. The van der Waals surface area contributed by atoms with Crippen molar-refractivity contribution in [3.8, 4) is 6.07 Å². The zero-order valence-electron chi connectivity index (χ0n) is 6.20. The molecule has 0 saturated heterocycles. The molecule has 62 valence electrons. The maximum absolute atomic E-state index is 8.52. The Kier molecular flexibility index (Phi) is 3.14. The monoisotopic (exact) mass is 197 g/mol. The van der Waals surface area contributed by atoms with E-state index in [1.807, 2.05) is 6.07 Å². The van der Waals surface area contributed by atoms with Crippen LogP contribution in [0.4, 0.5) is 0 Å². The van der Waals surface area contributed by atoms with Gasteiger partial charge in [-0.3, -0.25) is 5.41 Å². The van der Waals surface area contributed by atoms with Crippen LogP contribution in [0.5, 0.6) is 0 Å². The summed E-state index contributed by atoms with van der Waals surface area (Å²) >= 11 is 2.71. The highest BCUT2D eigenvalue weighted by Gasteiger charge is 1.99. The van der Waals surface area contributed by atoms with E-state index < -0.39 is 0 Å². The lowest BCUT2D eigenvalue weighted by molar-refractivity contribution is 1.49. The van der Waals surface area contributed by atoms with Gasteiger partial charge in [-0.05, 0) is 12.1 Å². The Morgan fingerprint density at radius 1 is 1.75 bits per heavy atom. The first-order chi connectivity index (χ1) is 5.72. The Morgan fingerprint density at radius 3 is 3.00 bits per heavy atom. The summed E-state index contributed by atoms with van der Waals surface area (Å²) in [4.78, 5) is 1.78. The van der Waals surface area contributed by atoms with E-state index in [-0.39, 0.29) is 5.17 Å². The van der Waals surface area contributed by atoms with Crippen molar-refractivity contribution in [1.29, 1.82) is 10.7 Å². The van der Waals surface area contributed by atoms with Gasteiger partial charge in [0.1, 0.15) is 10.9 Å². The van der Waals surface area contributed by atoms with Crippen molar-refractivity contribution in [2.24, 2.45) is 5.73 Å². The van der Waals surface area contributed by atoms with Crippen molar-refractivity contribution >= 4 is 28.3 Å². The number of nitrogens with zero attached hydrogens (tertiary/aromatic N) is 1. The van der Waals surface area contributed by atoms with Crippen molar-refractivity contribution in [2.75, 3.05) is 0 Å². The van der Waals surface area contributed by atoms with Crippen molar-refractivity contribution in [3.05, 3.63) is 21.9 Å². The number of hydrogen-bond acceptors (Lipinski definition) is 4. The number of nitrogens with one attached hydrogen (secondary N) is 1. The Morgan fingerprint density at radius 2 is 2.50 bits per heavy atom. The molecule has 1 aromatic heterocycles. The molecular formula is C7H7N3S2. The molecule has 0 fully saturated rings. The second-order valence-electron chi connectivity index (χ2n) is 2.03. The molecule has 3 N–H and O–H groups in total. The van der Waals surface area contributed by atoms with Crippen molar-refractivity contribution in [1.82, 2.24) is 0 Å². The molecule has 0 aliphatic carbocycles. The maximum Gasteiger partial charge on any atom is 0.151 e. The summed E-state index contributed by atoms with van der Waals surface area (Å²) in [6, 6.07) is 5.73. The molecule has 1 aromatic rings. The topological polar surface area (TPSA) is 73.7 Å². The van der Waals surface area contributed by atoms with Crippen LogP contribution in [0.25, 0.3) is 0 Å². The summed E-state index contributed by atoms with van der Waals surface area (Å²) in [5.41, 5.74) is 5.17. The van der Waals surface area contributed by atoms with Crippen LogP contribution in [0.15, 0.2) is 12.1 Å². The quantitative estimate of drug-likeness (QED) is 0.560. The van der Waals surface area contributed by atoms with E-state index in [1.54, 1.807) is 6.07 Å². The van der Waals surface area contributed by atoms with Crippen molar-refractivity contribution in [3.63, 3.8) is 0 Å². The van der Waals surface area contributed by atoms with Crippen LogP contribution in [0.1, 0.15) is 9.75 Å². The average molecular weight is 197 g/mol.